The Balaban J connectivity index is 1.41. The first-order valence-corrected chi connectivity index (χ1v) is 25.8. The van der Waals surface area contributed by atoms with Crippen molar-refractivity contribution in [1.29, 1.82) is 0 Å². The fourth-order valence-corrected chi connectivity index (χ4v) is 9.99. The minimum absolute atomic E-state index is 0.0822. The molecule has 0 aliphatic carbocycles. The van der Waals surface area contributed by atoms with Crippen LogP contribution in [0.3, 0.4) is 0 Å². The molecule has 8 rings (SSSR count). The monoisotopic (exact) mass is 1020 g/mol. The zero-order chi connectivity index (χ0) is 55.2. The van der Waals surface area contributed by atoms with E-state index in [2.05, 4.69) is 50.6 Å². The van der Waals surface area contributed by atoms with E-state index in [1.807, 2.05) is 114 Å². The van der Waals surface area contributed by atoms with Crippen molar-refractivity contribution in [2.45, 2.75) is 74.9 Å². The molecule has 6 aromatic carbocycles. The molecule has 12 heteroatoms. The molecule has 0 unspecified atom stereocenters. The average Bonchev–Trinajstić information content (AvgIpc) is 3.39. The summed E-state index contributed by atoms with van der Waals surface area (Å²) in [6, 6.07) is 27.6. The second kappa shape index (κ2) is 23.5. The molecule has 0 atom stereocenters. The Bertz CT molecular complexity index is 3210. The lowest BCUT2D eigenvalue weighted by Gasteiger charge is -2.24. The molecular formula is C65H68N8O4. The van der Waals surface area contributed by atoms with Crippen LogP contribution in [0.1, 0.15) is 66.8 Å². The highest BCUT2D eigenvalue weighted by Crippen LogP contribution is 2.46. The largest absolute Gasteiger partial charge is 0.507 e. The fourth-order valence-electron chi connectivity index (χ4n) is 9.99. The van der Waals surface area contributed by atoms with Crippen LogP contribution < -0.4 is 0 Å². The summed E-state index contributed by atoms with van der Waals surface area (Å²) in [4.78, 5) is 34.4. The molecule has 0 aliphatic heterocycles. The summed E-state index contributed by atoms with van der Waals surface area (Å²) >= 11 is 0. The Hall–Kier alpha value is -8.58. The van der Waals surface area contributed by atoms with Crippen molar-refractivity contribution >= 4 is 0 Å². The van der Waals surface area contributed by atoms with Gasteiger partial charge >= 0.3 is 0 Å². The number of benzene rings is 6. The van der Waals surface area contributed by atoms with Crippen molar-refractivity contribution in [1.82, 2.24) is 39.7 Å². The smallest absolute Gasteiger partial charge is 0.167 e. The number of hydrogen-bond donors (Lipinski definition) is 4. The van der Waals surface area contributed by atoms with Crippen LogP contribution in [-0.4, -0.2) is 86.3 Å². The Morgan fingerprint density at radius 1 is 0.351 bits per heavy atom. The molecule has 0 fully saturated rings. The highest BCUT2D eigenvalue weighted by atomic mass is 16.3. The third-order valence-corrected chi connectivity index (χ3v) is 13.8. The molecule has 12 nitrogen and oxygen atoms in total. The van der Waals surface area contributed by atoms with Crippen molar-refractivity contribution in [2.24, 2.45) is 0 Å². The van der Waals surface area contributed by atoms with E-state index in [0.717, 1.165) is 66.8 Å². The maximum atomic E-state index is 12.6. The van der Waals surface area contributed by atoms with E-state index in [-0.39, 0.29) is 76.4 Å². The van der Waals surface area contributed by atoms with Gasteiger partial charge in [-0.15, -0.1) is 26.3 Å². The van der Waals surface area contributed by atoms with Gasteiger partial charge in [-0.25, -0.2) is 29.9 Å². The molecule has 2 heterocycles. The number of aromatic nitrogens is 6. The maximum absolute atomic E-state index is 12.6. The second-order valence-corrected chi connectivity index (χ2v) is 20.1. The Morgan fingerprint density at radius 3 is 0.831 bits per heavy atom. The van der Waals surface area contributed by atoms with Crippen molar-refractivity contribution in [3.63, 3.8) is 0 Å². The van der Waals surface area contributed by atoms with Gasteiger partial charge in [-0.2, -0.15) is 0 Å². The van der Waals surface area contributed by atoms with E-state index in [0.29, 0.717) is 60.6 Å². The number of rotatable bonds is 20. The molecule has 0 aliphatic rings. The summed E-state index contributed by atoms with van der Waals surface area (Å²) in [7, 11) is 0. The molecule has 0 radical (unpaired) electrons. The van der Waals surface area contributed by atoms with Gasteiger partial charge in [-0.3, -0.25) is 9.80 Å². The summed E-state index contributed by atoms with van der Waals surface area (Å²) in [5, 5.41) is 50.3. The van der Waals surface area contributed by atoms with Crippen molar-refractivity contribution < 1.29 is 20.4 Å². The Labute approximate surface area is 452 Å². The fraction of sp³-hybridized carbons (Fsp3) is 0.231. The van der Waals surface area contributed by atoms with Crippen LogP contribution >= 0.6 is 0 Å². The lowest BCUT2D eigenvalue weighted by molar-refractivity contribution is 0.311. The predicted octanol–water partition coefficient (Wildman–Crippen LogP) is 13.3. The van der Waals surface area contributed by atoms with Gasteiger partial charge in [0.2, 0.25) is 0 Å². The van der Waals surface area contributed by atoms with E-state index >= 15 is 0 Å². The number of aromatic hydroxyl groups is 4. The van der Waals surface area contributed by atoms with Gasteiger partial charge in [0.25, 0.3) is 0 Å². The zero-order valence-electron chi connectivity index (χ0n) is 45.5. The summed E-state index contributed by atoms with van der Waals surface area (Å²) in [6.45, 7) is 33.9. The number of phenols is 4. The van der Waals surface area contributed by atoms with E-state index in [1.165, 1.54) is 0 Å². The lowest BCUT2D eigenvalue weighted by atomic mass is 9.92. The van der Waals surface area contributed by atoms with Crippen LogP contribution in [0.4, 0.5) is 0 Å². The molecule has 392 valence electrons. The molecule has 0 saturated carbocycles. The van der Waals surface area contributed by atoms with Gasteiger partial charge in [0.15, 0.2) is 34.9 Å². The maximum Gasteiger partial charge on any atom is 0.167 e. The quantitative estimate of drug-likeness (QED) is 0.0535. The third-order valence-electron chi connectivity index (χ3n) is 13.8. The Morgan fingerprint density at radius 2 is 0.597 bits per heavy atom. The molecule has 0 amide bonds. The molecule has 0 saturated heterocycles. The molecular weight excluding hydrogens is 957 g/mol. The van der Waals surface area contributed by atoms with E-state index < -0.39 is 0 Å². The van der Waals surface area contributed by atoms with Crippen molar-refractivity contribution in [2.75, 3.05) is 26.2 Å². The topological polar surface area (TPSA) is 165 Å². The molecule has 4 N–H and O–H groups in total. The van der Waals surface area contributed by atoms with Crippen molar-refractivity contribution in [3.05, 3.63) is 202 Å². The Kier molecular flexibility index (Phi) is 16.7. The lowest BCUT2D eigenvalue weighted by Crippen LogP contribution is -2.24. The van der Waals surface area contributed by atoms with Crippen LogP contribution in [0.15, 0.2) is 136 Å². The minimum Gasteiger partial charge on any atom is -0.507 e. The SMILES string of the molecule is C=CCN(CC=C)Cc1c(O)c(Cc2cc(-c3nc(-c4ccc(C)cc4C)nc(-c4ccc(C)cc4C)n3)c(O)c(CN(CC=C)CC=C)c2O)cc(-c2nc(-c3ccc(C)cc3C)nc(-c3ccc(C)cc3C)n2)c1O. The zero-order valence-corrected chi connectivity index (χ0v) is 45.5. The van der Waals surface area contributed by atoms with Gasteiger partial charge in [0.05, 0.1) is 22.3 Å². The van der Waals surface area contributed by atoms with Crippen molar-refractivity contribution in [3.8, 4) is 91.3 Å². The second-order valence-electron chi connectivity index (χ2n) is 20.1. The number of nitrogens with zero attached hydrogens (tertiary/aromatic N) is 8. The number of aryl methyl sites for hydroxylation is 8. The van der Waals surface area contributed by atoms with Crippen LogP contribution in [0.25, 0.3) is 68.3 Å². The number of hydrogen-bond acceptors (Lipinski definition) is 12. The first kappa shape index (κ1) is 54.7. The number of phenolic OH excluding ortho intramolecular Hbond substituents is 4. The van der Waals surface area contributed by atoms with Crippen LogP contribution in [0, 0.1) is 55.4 Å². The van der Waals surface area contributed by atoms with Gasteiger partial charge in [-0.1, -0.05) is 119 Å². The summed E-state index contributed by atoms with van der Waals surface area (Å²) in [6.07, 6.45) is 6.90. The average molecular weight is 1030 g/mol. The van der Waals surface area contributed by atoms with Crippen LogP contribution in [0.2, 0.25) is 0 Å². The van der Waals surface area contributed by atoms with E-state index in [1.54, 1.807) is 36.4 Å². The summed E-state index contributed by atoms with van der Waals surface area (Å²) in [5.74, 6) is 1.13. The summed E-state index contributed by atoms with van der Waals surface area (Å²) in [5.41, 5.74) is 12.9. The third kappa shape index (κ3) is 11.9. The van der Waals surface area contributed by atoms with Gasteiger partial charge in [0, 0.05) is 67.9 Å². The van der Waals surface area contributed by atoms with Gasteiger partial charge < -0.3 is 20.4 Å². The first-order valence-electron chi connectivity index (χ1n) is 25.8. The highest BCUT2D eigenvalue weighted by Gasteiger charge is 2.28. The van der Waals surface area contributed by atoms with E-state index in [9.17, 15) is 20.4 Å². The molecule has 0 spiro atoms. The summed E-state index contributed by atoms with van der Waals surface area (Å²) < 4.78 is 0. The van der Waals surface area contributed by atoms with Gasteiger partial charge in [-0.05, 0) is 101 Å². The molecule has 8 aromatic rings. The first-order chi connectivity index (χ1) is 36.9. The minimum atomic E-state index is -0.224. The van der Waals surface area contributed by atoms with Crippen LogP contribution in [0.5, 0.6) is 23.0 Å². The standard InChI is InChI=1S/C65H68N8O4/c1-13-25-72(26-14-2)36-54-56(74)46(34-52(58(54)76)64-68-60(48-21-17-38(5)29-42(48)9)66-61(69-64)49-22-18-39(6)30-43(49)10)33-47-35-53(59(77)55(57(47)75)37-73(27-15-3)28-16-4)65-70-62(50-23-19-40(7)31-44(50)11)67-63(71-65)51-24-20-41(8)32-45(51)12/h13-24,29-32,34-35,74-77H,1-4,25-28,33,36-37H2,5-12H3. The molecule has 77 heavy (non-hydrogen) atoms. The normalized spacial score (nSPS) is 11.4. The van der Waals surface area contributed by atoms with Gasteiger partial charge in [0.1, 0.15) is 23.0 Å². The van der Waals surface area contributed by atoms with Crippen LogP contribution in [-0.2, 0) is 19.5 Å². The highest BCUT2D eigenvalue weighted by molar-refractivity contribution is 5.78. The molecule has 2 aromatic heterocycles. The van der Waals surface area contributed by atoms with E-state index in [4.69, 9.17) is 29.9 Å². The molecule has 0 bridgehead atoms. The predicted molar refractivity (Wildman–Crippen MR) is 311 cm³/mol.